The summed E-state index contributed by atoms with van der Waals surface area (Å²) in [5.74, 6) is 1.87. The monoisotopic (exact) mass is 437 g/mol. The normalized spacial score (nSPS) is 15.4. The SMILES string of the molecule is Brc1ccc(OCCN2CCC(CCCc3ccccc3)CC2)cc1.Cl. The number of nitrogens with zero attached hydrogens (tertiary/aromatic N) is 1. The van der Waals surface area contributed by atoms with Crippen LogP contribution in [0.2, 0.25) is 0 Å². The summed E-state index contributed by atoms with van der Waals surface area (Å²) in [5, 5.41) is 0. The molecule has 2 aromatic rings. The van der Waals surface area contributed by atoms with Gasteiger partial charge in [0.15, 0.2) is 0 Å². The standard InChI is InChI=1S/C22H28BrNO.ClH/c23-21-9-11-22(12-10-21)25-18-17-24-15-13-20(14-16-24)8-4-7-19-5-2-1-3-6-19;/h1-3,5-6,9-12,20H,4,7-8,13-18H2;1H. The van der Waals surface area contributed by atoms with Crippen LogP contribution < -0.4 is 4.74 Å². The molecular weight excluding hydrogens is 410 g/mol. The van der Waals surface area contributed by atoms with E-state index in [4.69, 9.17) is 4.74 Å². The topological polar surface area (TPSA) is 12.5 Å². The van der Waals surface area contributed by atoms with Crippen molar-refractivity contribution in [2.75, 3.05) is 26.2 Å². The third-order valence-corrected chi connectivity index (χ3v) is 5.65. The molecular formula is C22H29BrClNO. The molecule has 0 amide bonds. The molecule has 0 radical (unpaired) electrons. The van der Waals surface area contributed by atoms with Gasteiger partial charge in [-0.15, -0.1) is 12.4 Å². The van der Waals surface area contributed by atoms with E-state index in [1.807, 2.05) is 24.3 Å². The second-order valence-electron chi connectivity index (χ2n) is 6.97. The van der Waals surface area contributed by atoms with Crippen LogP contribution in [0.25, 0.3) is 0 Å². The van der Waals surface area contributed by atoms with E-state index in [-0.39, 0.29) is 12.4 Å². The lowest BCUT2D eigenvalue weighted by Crippen LogP contribution is -2.36. The van der Waals surface area contributed by atoms with Crippen LogP contribution in [-0.4, -0.2) is 31.1 Å². The summed E-state index contributed by atoms with van der Waals surface area (Å²) in [6.45, 7) is 4.26. The summed E-state index contributed by atoms with van der Waals surface area (Å²) in [6, 6.07) is 19.0. The molecule has 3 rings (SSSR count). The number of hydrogen-bond acceptors (Lipinski definition) is 2. The molecule has 1 fully saturated rings. The Balaban J connectivity index is 0.00000243. The highest BCUT2D eigenvalue weighted by atomic mass is 79.9. The zero-order valence-electron chi connectivity index (χ0n) is 15.3. The van der Waals surface area contributed by atoms with Crippen molar-refractivity contribution in [1.82, 2.24) is 4.90 Å². The fourth-order valence-corrected chi connectivity index (χ4v) is 3.83. The predicted molar refractivity (Wildman–Crippen MR) is 115 cm³/mol. The van der Waals surface area contributed by atoms with E-state index >= 15 is 0 Å². The lowest BCUT2D eigenvalue weighted by Gasteiger charge is -2.31. The van der Waals surface area contributed by atoms with Crippen molar-refractivity contribution in [3.63, 3.8) is 0 Å². The molecule has 1 aliphatic rings. The molecule has 0 N–H and O–H groups in total. The quantitative estimate of drug-likeness (QED) is 0.502. The number of rotatable bonds is 8. The number of benzene rings is 2. The summed E-state index contributed by atoms with van der Waals surface area (Å²) in [4.78, 5) is 2.55. The maximum atomic E-state index is 5.84. The Labute approximate surface area is 172 Å². The molecule has 1 saturated heterocycles. The summed E-state index contributed by atoms with van der Waals surface area (Å²) in [7, 11) is 0. The molecule has 0 aromatic heterocycles. The van der Waals surface area contributed by atoms with Gasteiger partial charge >= 0.3 is 0 Å². The number of halogens is 2. The van der Waals surface area contributed by atoms with E-state index in [9.17, 15) is 0 Å². The fourth-order valence-electron chi connectivity index (χ4n) is 3.56. The Morgan fingerprint density at radius 2 is 1.65 bits per heavy atom. The first-order chi connectivity index (χ1) is 12.3. The lowest BCUT2D eigenvalue weighted by atomic mass is 9.91. The van der Waals surface area contributed by atoms with Crippen molar-refractivity contribution in [2.24, 2.45) is 5.92 Å². The van der Waals surface area contributed by atoms with Crippen molar-refractivity contribution in [3.8, 4) is 5.75 Å². The van der Waals surface area contributed by atoms with E-state index in [0.717, 1.165) is 29.3 Å². The smallest absolute Gasteiger partial charge is 0.119 e. The third kappa shape index (κ3) is 7.30. The molecule has 0 unspecified atom stereocenters. The van der Waals surface area contributed by atoms with Crippen LogP contribution in [0.5, 0.6) is 5.75 Å². The molecule has 0 atom stereocenters. The molecule has 1 heterocycles. The summed E-state index contributed by atoms with van der Waals surface area (Å²) >= 11 is 3.45. The van der Waals surface area contributed by atoms with Crippen molar-refractivity contribution >= 4 is 28.3 Å². The van der Waals surface area contributed by atoms with Crippen LogP contribution in [0, 0.1) is 5.92 Å². The molecule has 2 nitrogen and oxygen atoms in total. The van der Waals surface area contributed by atoms with Gasteiger partial charge in [0.25, 0.3) is 0 Å². The first-order valence-electron chi connectivity index (χ1n) is 9.44. The summed E-state index contributed by atoms with van der Waals surface area (Å²) < 4.78 is 6.93. The average molecular weight is 439 g/mol. The minimum Gasteiger partial charge on any atom is -0.492 e. The molecule has 1 aliphatic heterocycles. The minimum absolute atomic E-state index is 0. The highest BCUT2D eigenvalue weighted by Gasteiger charge is 2.18. The van der Waals surface area contributed by atoms with Crippen LogP contribution in [-0.2, 0) is 6.42 Å². The van der Waals surface area contributed by atoms with Gasteiger partial charge in [0.1, 0.15) is 12.4 Å². The molecule has 0 saturated carbocycles. The van der Waals surface area contributed by atoms with Gasteiger partial charge in [-0.05, 0) is 74.5 Å². The number of piperidine rings is 1. The van der Waals surface area contributed by atoms with Gasteiger partial charge in [-0.2, -0.15) is 0 Å². The van der Waals surface area contributed by atoms with Gasteiger partial charge in [0.2, 0.25) is 0 Å². The zero-order valence-corrected chi connectivity index (χ0v) is 17.7. The van der Waals surface area contributed by atoms with Crippen LogP contribution in [0.4, 0.5) is 0 Å². The Kier molecular flexibility index (Phi) is 9.52. The minimum atomic E-state index is 0. The maximum Gasteiger partial charge on any atom is 0.119 e. The predicted octanol–water partition coefficient (Wildman–Crippen LogP) is 5.98. The van der Waals surface area contributed by atoms with Crippen LogP contribution in [0.3, 0.4) is 0 Å². The summed E-state index contributed by atoms with van der Waals surface area (Å²) in [6.07, 6.45) is 6.60. The first-order valence-corrected chi connectivity index (χ1v) is 10.2. The van der Waals surface area contributed by atoms with Gasteiger partial charge < -0.3 is 4.74 Å². The second-order valence-corrected chi connectivity index (χ2v) is 7.88. The first kappa shape index (κ1) is 21.3. The Morgan fingerprint density at radius 3 is 2.35 bits per heavy atom. The highest BCUT2D eigenvalue weighted by Crippen LogP contribution is 2.23. The second kappa shape index (κ2) is 11.6. The molecule has 4 heteroatoms. The van der Waals surface area contributed by atoms with Crippen molar-refractivity contribution < 1.29 is 4.74 Å². The van der Waals surface area contributed by atoms with Crippen molar-refractivity contribution in [3.05, 3.63) is 64.6 Å². The fraction of sp³-hybridized carbons (Fsp3) is 0.455. The van der Waals surface area contributed by atoms with Crippen LogP contribution in [0.1, 0.15) is 31.2 Å². The van der Waals surface area contributed by atoms with Gasteiger partial charge in [-0.3, -0.25) is 4.90 Å². The summed E-state index contributed by atoms with van der Waals surface area (Å²) in [5.41, 5.74) is 1.48. The Hall–Kier alpha value is -1.03. The van der Waals surface area contributed by atoms with Gasteiger partial charge in [-0.1, -0.05) is 52.7 Å². The lowest BCUT2D eigenvalue weighted by molar-refractivity contribution is 0.150. The molecule has 0 spiro atoms. The molecule has 0 bridgehead atoms. The van der Waals surface area contributed by atoms with Gasteiger partial charge in [0.05, 0.1) is 0 Å². The highest BCUT2D eigenvalue weighted by molar-refractivity contribution is 9.10. The van der Waals surface area contributed by atoms with E-state index < -0.39 is 0 Å². The van der Waals surface area contributed by atoms with Crippen molar-refractivity contribution in [1.29, 1.82) is 0 Å². The van der Waals surface area contributed by atoms with E-state index in [1.165, 1.54) is 50.8 Å². The molecule has 142 valence electrons. The van der Waals surface area contributed by atoms with Crippen molar-refractivity contribution in [2.45, 2.75) is 32.1 Å². The van der Waals surface area contributed by atoms with Gasteiger partial charge in [0, 0.05) is 11.0 Å². The molecule has 2 aromatic carbocycles. The van der Waals surface area contributed by atoms with Crippen LogP contribution in [0.15, 0.2) is 59.1 Å². The van der Waals surface area contributed by atoms with E-state index in [0.29, 0.717) is 0 Å². The molecule has 26 heavy (non-hydrogen) atoms. The Bertz CT molecular complexity index is 612. The zero-order chi connectivity index (χ0) is 17.3. The van der Waals surface area contributed by atoms with E-state index in [2.05, 4.69) is 51.2 Å². The number of aryl methyl sites for hydroxylation is 1. The third-order valence-electron chi connectivity index (χ3n) is 5.12. The van der Waals surface area contributed by atoms with Crippen LogP contribution >= 0.6 is 28.3 Å². The maximum absolute atomic E-state index is 5.84. The molecule has 0 aliphatic carbocycles. The number of ether oxygens (including phenoxy) is 1. The number of hydrogen-bond donors (Lipinski definition) is 0. The number of likely N-dealkylation sites (tertiary alicyclic amines) is 1. The average Bonchev–Trinajstić information content (AvgIpc) is 2.66. The van der Waals surface area contributed by atoms with Gasteiger partial charge in [-0.25, -0.2) is 0 Å². The largest absolute Gasteiger partial charge is 0.492 e. The Morgan fingerprint density at radius 1 is 0.962 bits per heavy atom. The van der Waals surface area contributed by atoms with E-state index in [1.54, 1.807) is 0 Å².